The van der Waals surface area contributed by atoms with E-state index in [0.29, 0.717) is 17.7 Å². The molecule has 5 nitrogen and oxygen atoms in total. The van der Waals surface area contributed by atoms with Crippen molar-refractivity contribution in [3.8, 4) is 45.5 Å². The molecule has 9 aromatic carbocycles. The van der Waals surface area contributed by atoms with Crippen LogP contribution >= 0.6 is 0 Å². The molecule has 0 aliphatic heterocycles. The van der Waals surface area contributed by atoms with Gasteiger partial charge in [0.05, 0.1) is 27.5 Å². The highest BCUT2D eigenvalue weighted by molar-refractivity contribution is 6.10. The summed E-state index contributed by atoms with van der Waals surface area (Å²) in [6.07, 6.45) is 0. The van der Waals surface area contributed by atoms with Crippen molar-refractivity contribution in [1.82, 2.24) is 24.1 Å². The summed E-state index contributed by atoms with van der Waals surface area (Å²) in [4.78, 5) is 16.4. The van der Waals surface area contributed by atoms with Gasteiger partial charge >= 0.3 is 0 Å². The first-order valence-electron chi connectivity index (χ1n) is 21.5. The lowest BCUT2D eigenvalue weighted by Crippen LogP contribution is -2.29. The Morgan fingerprint density at radius 1 is 0.270 bits per heavy atom. The molecule has 3 aromatic heterocycles. The van der Waals surface area contributed by atoms with E-state index >= 15 is 0 Å². The first-order valence-corrected chi connectivity index (χ1v) is 21.5. The molecule has 0 radical (unpaired) electrons. The van der Waals surface area contributed by atoms with E-state index in [9.17, 15) is 0 Å². The number of rotatable bonds is 6. The summed E-state index contributed by atoms with van der Waals surface area (Å²) in [6.45, 7) is 0. The number of nitrogens with zero attached hydrogens (tertiary/aromatic N) is 5. The molecule has 0 saturated carbocycles. The summed E-state index contributed by atoms with van der Waals surface area (Å²) in [5, 5.41) is 4.58. The Morgan fingerprint density at radius 2 is 0.587 bits per heavy atom. The zero-order chi connectivity index (χ0) is 41.5. The number of benzene rings is 9. The third kappa shape index (κ3) is 5.08. The molecular weight excluding hydrogens is 767 g/mol. The Bertz CT molecular complexity index is 3480. The number of hydrogen-bond donors (Lipinski definition) is 0. The van der Waals surface area contributed by atoms with E-state index in [1.54, 1.807) is 0 Å². The first-order chi connectivity index (χ1) is 31.3. The van der Waals surface area contributed by atoms with Crippen molar-refractivity contribution in [2.75, 3.05) is 0 Å². The van der Waals surface area contributed by atoms with Gasteiger partial charge in [0.15, 0.2) is 5.82 Å². The molecule has 0 N–H and O–H groups in total. The van der Waals surface area contributed by atoms with E-state index in [0.717, 1.165) is 60.3 Å². The maximum absolute atomic E-state index is 5.50. The predicted molar refractivity (Wildman–Crippen MR) is 257 cm³/mol. The van der Waals surface area contributed by atoms with Gasteiger partial charge in [-0.1, -0.05) is 200 Å². The van der Waals surface area contributed by atoms with E-state index in [2.05, 4.69) is 234 Å². The molecule has 63 heavy (non-hydrogen) atoms. The predicted octanol–water partition coefficient (Wildman–Crippen LogP) is 13.8. The third-order valence-electron chi connectivity index (χ3n) is 13.1. The van der Waals surface area contributed by atoms with Crippen LogP contribution in [0, 0.1) is 0 Å². The average Bonchev–Trinajstić information content (AvgIpc) is 3.99. The van der Waals surface area contributed by atoms with E-state index in [-0.39, 0.29) is 0 Å². The van der Waals surface area contributed by atoms with Crippen LogP contribution in [0.25, 0.3) is 89.2 Å². The molecule has 0 atom stereocenters. The molecule has 0 saturated heterocycles. The van der Waals surface area contributed by atoms with Crippen LogP contribution in [-0.2, 0) is 5.41 Å². The lowest BCUT2D eigenvalue weighted by Gasteiger charge is -2.35. The minimum Gasteiger partial charge on any atom is -0.278 e. The average molecular weight is 804 g/mol. The highest BCUT2D eigenvalue weighted by Crippen LogP contribution is 2.58. The molecular formula is C58H37N5. The van der Waals surface area contributed by atoms with Gasteiger partial charge in [-0.3, -0.25) is 9.13 Å². The first kappa shape index (κ1) is 35.4. The monoisotopic (exact) mass is 803 g/mol. The lowest BCUT2D eigenvalue weighted by molar-refractivity contribution is 0.770. The number of hydrogen-bond acceptors (Lipinski definition) is 3. The highest BCUT2D eigenvalue weighted by atomic mass is 15.3. The SMILES string of the molecule is c1ccc(C2(c3ccccc3-c3ccccc3-c3nc(-n4c5ccccc5c5ccccc54)nc(-n4c5ccccc5c5ccccc54)n3)c3ccccc3-c3ccccc32)cc1. The molecule has 3 heterocycles. The van der Waals surface area contributed by atoms with Gasteiger partial charge in [0.2, 0.25) is 11.9 Å². The van der Waals surface area contributed by atoms with Crippen LogP contribution < -0.4 is 0 Å². The summed E-state index contributed by atoms with van der Waals surface area (Å²) in [6, 6.07) is 80.4. The van der Waals surface area contributed by atoms with Crippen molar-refractivity contribution >= 4 is 43.6 Å². The van der Waals surface area contributed by atoms with Crippen LogP contribution in [0.2, 0.25) is 0 Å². The number of para-hydroxylation sites is 4. The van der Waals surface area contributed by atoms with Gasteiger partial charge in [-0.2, -0.15) is 15.0 Å². The third-order valence-corrected chi connectivity index (χ3v) is 13.1. The minimum atomic E-state index is -0.598. The Hall–Kier alpha value is -8.41. The van der Waals surface area contributed by atoms with Crippen molar-refractivity contribution in [2.45, 2.75) is 5.41 Å². The minimum absolute atomic E-state index is 0.553. The molecule has 13 rings (SSSR count). The van der Waals surface area contributed by atoms with Gasteiger partial charge in [0.1, 0.15) is 0 Å². The van der Waals surface area contributed by atoms with Crippen LogP contribution in [0.15, 0.2) is 224 Å². The topological polar surface area (TPSA) is 48.5 Å². The molecule has 0 amide bonds. The summed E-state index contributed by atoms with van der Waals surface area (Å²) in [5.41, 5.74) is 14.1. The van der Waals surface area contributed by atoms with Crippen molar-refractivity contribution in [3.63, 3.8) is 0 Å². The summed E-state index contributed by atoms with van der Waals surface area (Å²) in [7, 11) is 0. The standard InChI is InChI=1S/C58H37N5/c1-2-20-38(21-3-1)58(49-32-14-7-24-41(49)42-25-8-15-33-50(42)58)48-31-13-6-23-40(48)39-22-4-5-30-47(39)55-59-56(62-51-34-16-9-26-43(51)44-27-10-17-35-52(44)62)61-57(60-55)63-53-36-18-11-28-45(53)46-29-12-19-37-54(46)63/h1-37H. The smallest absolute Gasteiger partial charge is 0.240 e. The lowest BCUT2D eigenvalue weighted by atomic mass is 9.65. The Labute approximate surface area is 363 Å². The quantitative estimate of drug-likeness (QED) is 0.168. The molecule has 0 unspecified atom stereocenters. The molecule has 0 bridgehead atoms. The summed E-state index contributed by atoms with van der Waals surface area (Å²) < 4.78 is 4.39. The Morgan fingerprint density at radius 3 is 1.02 bits per heavy atom. The van der Waals surface area contributed by atoms with Crippen LogP contribution in [0.4, 0.5) is 0 Å². The molecule has 12 aromatic rings. The largest absolute Gasteiger partial charge is 0.278 e. The molecule has 294 valence electrons. The van der Waals surface area contributed by atoms with E-state index in [1.807, 2.05) is 0 Å². The van der Waals surface area contributed by atoms with Crippen molar-refractivity contribution in [2.24, 2.45) is 0 Å². The van der Waals surface area contributed by atoms with E-state index in [4.69, 9.17) is 15.0 Å². The molecule has 1 aliphatic rings. The zero-order valence-electron chi connectivity index (χ0n) is 34.1. The molecule has 1 aliphatic carbocycles. The van der Waals surface area contributed by atoms with Gasteiger partial charge in [0.25, 0.3) is 0 Å². The zero-order valence-corrected chi connectivity index (χ0v) is 34.1. The second-order valence-electron chi connectivity index (χ2n) is 16.3. The fourth-order valence-electron chi connectivity index (χ4n) is 10.6. The molecule has 0 fully saturated rings. The van der Waals surface area contributed by atoms with Gasteiger partial charge in [-0.05, 0) is 68.8 Å². The van der Waals surface area contributed by atoms with Crippen LogP contribution in [0.5, 0.6) is 0 Å². The molecule has 5 heteroatoms. The van der Waals surface area contributed by atoms with E-state index in [1.165, 1.54) is 33.4 Å². The number of aromatic nitrogens is 5. The van der Waals surface area contributed by atoms with Gasteiger partial charge in [0, 0.05) is 27.1 Å². The highest BCUT2D eigenvalue weighted by Gasteiger charge is 2.47. The normalized spacial score (nSPS) is 12.9. The van der Waals surface area contributed by atoms with Gasteiger partial charge in [-0.15, -0.1) is 0 Å². The van der Waals surface area contributed by atoms with Crippen molar-refractivity contribution < 1.29 is 0 Å². The van der Waals surface area contributed by atoms with Crippen LogP contribution in [0.1, 0.15) is 22.3 Å². The van der Waals surface area contributed by atoms with Gasteiger partial charge < -0.3 is 0 Å². The van der Waals surface area contributed by atoms with Gasteiger partial charge in [-0.25, -0.2) is 0 Å². The Balaban J connectivity index is 1.12. The fraction of sp³-hybridized carbons (Fsp3) is 0.0172. The molecule has 0 spiro atoms. The maximum Gasteiger partial charge on any atom is 0.240 e. The fourth-order valence-corrected chi connectivity index (χ4v) is 10.6. The Kier molecular flexibility index (Phi) is 7.75. The van der Waals surface area contributed by atoms with Crippen molar-refractivity contribution in [3.05, 3.63) is 247 Å². The van der Waals surface area contributed by atoms with E-state index < -0.39 is 5.41 Å². The van der Waals surface area contributed by atoms with Crippen molar-refractivity contribution in [1.29, 1.82) is 0 Å². The van der Waals surface area contributed by atoms with Crippen LogP contribution in [0.3, 0.4) is 0 Å². The number of fused-ring (bicyclic) bond motifs is 9. The summed E-state index contributed by atoms with van der Waals surface area (Å²) >= 11 is 0. The second-order valence-corrected chi connectivity index (χ2v) is 16.3. The summed E-state index contributed by atoms with van der Waals surface area (Å²) in [5.74, 6) is 1.69. The second kappa shape index (κ2) is 13.8. The van der Waals surface area contributed by atoms with Crippen LogP contribution in [-0.4, -0.2) is 24.1 Å². The maximum atomic E-state index is 5.50.